The number of nitrogens with one attached hydrogen (secondary N) is 2. The number of aromatic amines is 1. The highest BCUT2D eigenvalue weighted by Crippen LogP contribution is 2.50. The molecule has 3 aromatic heterocycles. The van der Waals surface area contributed by atoms with Crippen molar-refractivity contribution in [2.75, 3.05) is 30.4 Å². The number of rotatable bonds is 4. The molecule has 7 rings (SSSR count). The van der Waals surface area contributed by atoms with E-state index in [0.29, 0.717) is 38.9 Å². The summed E-state index contributed by atoms with van der Waals surface area (Å²) in [5, 5.41) is 6.08. The van der Waals surface area contributed by atoms with Gasteiger partial charge in [-0.2, -0.15) is 9.97 Å². The normalized spacial score (nSPS) is 21.9. The van der Waals surface area contributed by atoms with Crippen LogP contribution < -0.4 is 20.7 Å². The van der Waals surface area contributed by atoms with Crippen LogP contribution in [0.3, 0.4) is 0 Å². The Hall–Kier alpha value is -3.57. The Labute approximate surface area is 202 Å². The fourth-order valence-corrected chi connectivity index (χ4v) is 6.31. The third kappa shape index (κ3) is 3.01. The fourth-order valence-electron chi connectivity index (χ4n) is 5.36. The van der Waals surface area contributed by atoms with E-state index in [9.17, 15) is 8.60 Å². The van der Waals surface area contributed by atoms with Gasteiger partial charge in [-0.25, -0.2) is 8.60 Å². The first-order chi connectivity index (χ1) is 16.9. The number of H-pyrrole nitrogens is 1. The van der Waals surface area contributed by atoms with Crippen molar-refractivity contribution in [3.05, 3.63) is 41.3 Å². The molecule has 1 aromatic carbocycles. The Morgan fingerprint density at radius 1 is 1.31 bits per heavy atom. The third-order valence-corrected chi connectivity index (χ3v) is 8.58. The topological polar surface area (TPSA) is 122 Å². The first kappa shape index (κ1) is 20.8. The van der Waals surface area contributed by atoms with Crippen LogP contribution in [0.25, 0.3) is 28.0 Å². The molecular formula is C24H22FN7O2S. The monoisotopic (exact) mass is 491 g/mol. The minimum atomic E-state index is -1.25. The number of nitrogens with zero attached hydrogens (tertiary/aromatic N) is 4. The zero-order chi connectivity index (χ0) is 23.9. The van der Waals surface area contributed by atoms with Gasteiger partial charge in [-0.3, -0.25) is 4.98 Å². The maximum absolute atomic E-state index is 14.5. The maximum Gasteiger partial charge on any atom is 0.326 e. The van der Waals surface area contributed by atoms with Crippen molar-refractivity contribution in [2.24, 2.45) is 11.1 Å². The summed E-state index contributed by atoms with van der Waals surface area (Å²) in [6.07, 6.45) is 5.42. The van der Waals surface area contributed by atoms with E-state index in [1.54, 1.807) is 30.8 Å². The summed E-state index contributed by atoms with van der Waals surface area (Å²) in [5.41, 5.74) is 9.00. The van der Waals surface area contributed by atoms with Crippen LogP contribution in [0.4, 0.5) is 15.9 Å². The molecule has 2 aliphatic heterocycles. The van der Waals surface area contributed by atoms with E-state index in [1.807, 2.05) is 0 Å². The van der Waals surface area contributed by atoms with Gasteiger partial charge in [0.25, 0.3) is 0 Å². The van der Waals surface area contributed by atoms with Gasteiger partial charge in [0.2, 0.25) is 0 Å². The minimum absolute atomic E-state index is 0.118. The van der Waals surface area contributed by atoms with E-state index in [2.05, 4.69) is 25.2 Å². The van der Waals surface area contributed by atoms with Crippen molar-refractivity contribution in [1.29, 1.82) is 0 Å². The number of hydrogen-bond donors (Lipinski definition) is 3. The Kier molecular flexibility index (Phi) is 4.28. The summed E-state index contributed by atoms with van der Waals surface area (Å²) < 4.78 is 32.7. The summed E-state index contributed by atoms with van der Waals surface area (Å²) in [6.45, 7) is 1.57. The van der Waals surface area contributed by atoms with Crippen LogP contribution in [-0.2, 0) is 10.8 Å². The summed E-state index contributed by atoms with van der Waals surface area (Å²) >= 11 is 0. The van der Waals surface area contributed by atoms with Gasteiger partial charge in [-0.1, -0.05) is 0 Å². The number of nitrogens with two attached hydrogens (primary N) is 1. The van der Waals surface area contributed by atoms with Crippen LogP contribution in [0.1, 0.15) is 18.5 Å². The molecule has 1 spiro atoms. The van der Waals surface area contributed by atoms with E-state index in [1.165, 1.54) is 12.1 Å². The van der Waals surface area contributed by atoms with Crippen molar-refractivity contribution in [3.8, 4) is 11.8 Å². The average Bonchev–Trinajstić information content (AvgIpc) is 3.37. The molecule has 4 aromatic rings. The van der Waals surface area contributed by atoms with E-state index in [-0.39, 0.29) is 23.3 Å². The van der Waals surface area contributed by atoms with Gasteiger partial charge in [-0.15, -0.1) is 0 Å². The quantitative estimate of drug-likeness (QED) is 0.397. The van der Waals surface area contributed by atoms with Gasteiger partial charge in [0.15, 0.2) is 5.75 Å². The number of fused-ring (bicyclic) bond motifs is 4. The van der Waals surface area contributed by atoms with E-state index < -0.39 is 10.8 Å². The van der Waals surface area contributed by atoms with Crippen LogP contribution in [0, 0.1) is 11.2 Å². The zero-order valence-electron chi connectivity index (χ0n) is 18.8. The molecule has 3 aliphatic rings. The van der Waals surface area contributed by atoms with Crippen LogP contribution in [0.5, 0.6) is 11.8 Å². The van der Waals surface area contributed by atoms with Crippen LogP contribution >= 0.6 is 0 Å². The molecule has 1 saturated carbocycles. The first-order valence-electron chi connectivity index (χ1n) is 11.4. The van der Waals surface area contributed by atoms with Crippen LogP contribution in [0.2, 0.25) is 0 Å². The number of benzene rings is 1. The number of halogens is 1. The molecule has 4 N–H and O–H groups in total. The summed E-state index contributed by atoms with van der Waals surface area (Å²) in [4.78, 5) is 19.7. The standard InChI is InChI=1S/C24H22FN7O2S/c1-27-16-7-12(25)6-14-19-21(29-20(14)16)30-23(31-22(19)32-10-24(11-32)4-2-18(24)26)34-13-8-17-15(28-9-13)3-5-35(17)33/h3,5-9,18,27H,2,4,10-11,26H2,1H3,(H,29,30,31)/t18-,35?/m1/s1. The third-order valence-electron chi connectivity index (χ3n) is 7.44. The lowest BCUT2D eigenvalue weighted by atomic mass is 9.60. The van der Waals surface area contributed by atoms with Crippen molar-refractivity contribution < 1.29 is 13.3 Å². The molecule has 2 fully saturated rings. The second-order valence-corrected chi connectivity index (χ2v) is 10.7. The van der Waals surface area contributed by atoms with Crippen LogP contribution in [0.15, 0.2) is 34.7 Å². The van der Waals surface area contributed by atoms with E-state index >= 15 is 0 Å². The first-order valence-corrected chi connectivity index (χ1v) is 12.6. The molecule has 1 aliphatic carbocycles. The van der Waals surface area contributed by atoms with Gasteiger partial charge in [-0.05, 0) is 31.1 Å². The largest absolute Gasteiger partial charge is 0.423 e. The lowest BCUT2D eigenvalue weighted by Gasteiger charge is -2.60. The van der Waals surface area contributed by atoms with E-state index in [0.717, 1.165) is 36.8 Å². The molecule has 9 nitrogen and oxygen atoms in total. The number of hydrogen-bond acceptors (Lipinski definition) is 8. The average molecular weight is 492 g/mol. The molecule has 35 heavy (non-hydrogen) atoms. The summed E-state index contributed by atoms with van der Waals surface area (Å²) in [6, 6.07) is 4.95. The van der Waals surface area contributed by atoms with Gasteiger partial charge in [0.05, 0.1) is 44.2 Å². The van der Waals surface area contributed by atoms with Gasteiger partial charge >= 0.3 is 6.01 Å². The Morgan fingerprint density at radius 2 is 2.17 bits per heavy atom. The lowest BCUT2D eigenvalue weighted by Crippen LogP contribution is -2.69. The van der Waals surface area contributed by atoms with Crippen molar-refractivity contribution in [1.82, 2.24) is 19.9 Å². The Bertz CT molecular complexity index is 1590. The fraction of sp³-hybridized carbons (Fsp3) is 0.292. The Morgan fingerprint density at radius 3 is 2.91 bits per heavy atom. The molecule has 0 bridgehead atoms. The minimum Gasteiger partial charge on any atom is -0.423 e. The molecule has 178 valence electrons. The second kappa shape index (κ2) is 7.22. The van der Waals surface area contributed by atoms with Crippen molar-refractivity contribution >= 4 is 50.3 Å². The molecule has 5 heterocycles. The van der Waals surface area contributed by atoms with Crippen molar-refractivity contribution in [2.45, 2.75) is 23.8 Å². The molecule has 1 saturated heterocycles. The highest BCUT2D eigenvalue weighted by Gasteiger charge is 2.54. The molecule has 2 atom stereocenters. The molecule has 0 radical (unpaired) electrons. The zero-order valence-corrected chi connectivity index (χ0v) is 19.7. The van der Waals surface area contributed by atoms with Gasteiger partial charge in [0.1, 0.15) is 17.3 Å². The second-order valence-electron chi connectivity index (χ2n) is 9.42. The number of pyridine rings is 1. The predicted molar refractivity (Wildman–Crippen MR) is 133 cm³/mol. The Balaban J connectivity index is 1.36. The molecular weight excluding hydrogens is 469 g/mol. The van der Waals surface area contributed by atoms with Gasteiger partial charge < -0.3 is 25.7 Å². The smallest absolute Gasteiger partial charge is 0.326 e. The number of aromatic nitrogens is 4. The SMILES string of the molecule is CNc1cc(F)cc2c1[nH]c1nc(Oc3cnc4c(c3)S(=O)C=C4)nc(N3CC4(CC[C@H]4N)C3)c12. The summed E-state index contributed by atoms with van der Waals surface area (Å²) in [5.74, 6) is 0.721. The van der Waals surface area contributed by atoms with E-state index in [4.69, 9.17) is 15.5 Å². The molecule has 11 heteroatoms. The van der Waals surface area contributed by atoms with Crippen molar-refractivity contribution in [3.63, 3.8) is 0 Å². The highest BCUT2D eigenvalue weighted by atomic mass is 32.2. The van der Waals surface area contributed by atoms with Gasteiger partial charge in [0, 0.05) is 48.5 Å². The molecule has 1 unspecified atom stereocenters. The maximum atomic E-state index is 14.5. The predicted octanol–water partition coefficient (Wildman–Crippen LogP) is 3.50. The lowest BCUT2D eigenvalue weighted by molar-refractivity contribution is 0.0559. The van der Waals surface area contributed by atoms with Crippen LogP contribution in [-0.4, -0.2) is 50.3 Å². The number of ether oxygens (including phenoxy) is 1. The molecule has 0 amide bonds. The summed E-state index contributed by atoms with van der Waals surface area (Å²) in [7, 11) is 0.499. The number of anilines is 2. The highest BCUT2D eigenvalue weighted by molar-refractivity contribution is 7.88.